The SMILES string of the molecule is CN(C)CCC1(O)CC2COCC(C1)N2C(=O)OCC1c2ccccc2-c2ccccc21. The third-order valence-corrected chi connectivity index (χ3v) is 7.21. The molecule has 5 rings (SSSR count). The van der Waals surface area contributed by atoms with Crippen molar-refractivity contribution in [3.63, 3.8) is 0 Å². The van der Waals surface area contributed by atoms with Crippen molar-refractivity contribution in [3.8, 4) is 11.1 Å². The molecule has 2 aromatic carbocycles. The Hall–Kier alpha value is -2.41. The van der Waals surface area contributed by atoms with Crippen LogP contribution < -0.4 is 0 Å². The molecule has 170 valence electrons. The van der Waals surface area contributed by atoms with Crippen molar-refractivity contribution in [2.45, 2.75) is 42.9 Å². The maximum atomic E-state index is 13.2. The van der Waals surface area contributed by atoms with Gasteiger partial charge in [-0.3, -0.25) is 4.90 Å². The Kier molecular flexibility index (Phi) is 5.70. The molecule has 3 aliphatic rings. The van der Waals surface area contributed by atoms with Gasteiger partial charge in [0.1, 0.15) is 6.61 Å². The van der Waals surface area contributed by atoms with Gasteiger partial charge in [-0.25, -0.2) is 4.79 Å². The molecule has 2 fully saturated rings. The van der Waals surface area contributed by atoms with Gasteiger partial charge in [-0.05, 0) is 55.6 Å². The number of benzene rings is 2. The molecule has 6 heteroatoms. The summed E-state index contributed by atoms with van der Waals surface area (Å²) >= 11 is 0. The average Bonchev–Trinajstić information content (AvgIpc) is 3.09. The summed E-state index contributed by atoms with van der Waals surface area (Å²) in [4.78, 5) is 17.1. The normalized spacial score (nSPS) is 26.7. The maximum Gasteiger partial charge on any atom is 0.410 e. The number of piperidine rings is 1. The van der Waals surface area contributed by atoms with E-state index < -0.39 is 5.60 Å². The first kappa shape index (κ1) is 21.4. The second-order valence-corrected chi connectivity index (χ2v) is 9.74. The number of ether oxygens (including phenoxy) is 2. The number of fused-ring (bicyclic) bond motifs is 5. The lowest BCUT2D eigenvalue weighted by atomic mass is 9.79. The number of carbonyl (C=O) groups excluding carboxylic acids is 1. The third kappa shape index (κ3) is 3.91. The van der Waals surface area contributed by atoms with Gasteiger partial charge >= 0.3 is 6.09 Å². The Labute approximate surface area is 189 Å². The van der Waals surface area contributed by atoms with E-state index in [2.05, 4.69) is 41.3 Å². The van der Waals surface area contributed by atoms with Crippen LogP contribution in [0.5, 0.6) is 0 Å². The molecule has 1 aliphatic carbocycles. The van der Waals surface area contributed by atoms with Crippen molar-refractivity contribution in [2.75, 3.05) is 40.5 Å². The van der Waals surface area contributed by atoms with Crippen LogP contribution >= 0.6 is 0 Å². The fourth-order valence-electron chi connectivity index (χ4n) is 5.68. The zero-order valence-electron chi connectivity index (χ0n) is 18.9. The summed E-state index contributed by atoms with van der Waals surface area (Å²) in [5.41, 5.74) is 4.10. The first-order valence-corrected chi connectivity index (χ1v) is 11.5. The Morgan fingerprint density at radius 3 is 2.19 bits per heavy atom. The molecule has 2 aromatic rings. The molecule has 1 amide bonds. The molecule has 2 unspecified atom stereocenters. The molecule has 2 bridgehead atoms. The summed E-state index contributed by atoms with van der Waals surface area (Å²) in [5, 5.41) is 11.2. The van der Waals surface area contributed by atoms with E-state index in [1.807, 2.05) is 31.1 Å². The zero-order chi connectivity index (χ0) is 22.3. The predicted octanol–water partition coefficient (Wildman–Crippen LogP) is 3.48. The molecule has 6 nitrogen and oxygen atoms in total. The Morgan fingerprint density at radius 1 is 1.06 bits per heavy atom. The minimum Gasteiger partial charge on any atom is -0.448 e. The molecule has 0 saturated carbocycles. The Balaban J connectivity index is 1.29. The summed E-state index contributed by atoms with van der Waals surface area (Å²) in [6, 6.07) is 16.4. The van der Waals surface area contributed by atoms with Crippen molar-refractivity contribution in [1.82, 2.24) is 9.80 Å². The van der Waals surface area contributed by atoms with Gasteiger partial charge in [-0.2, -0.15) is 0 Å². The predicted molar refractivity (Wildman–Crippen MR) is 123 cm³/mol. The van der Waals surface area contributed by atoms with E-state index in [1.54, 1.807) is 0 Å². The van der Waals surface area contributed by atoms with Crippen LogP contribution in [-0.2, 0) is 9.47 Å². The van der Waals surface area contributed by atoms with E-state index in [9.17, 15) is 9.90 Å². The van der Waals surface area contributed by atoms with Gasteiger partial charge in [0.25, 0.3) is 0 Å². The Bertz CT molecular complexity index is 932. The molecule has 2 heterocycles. The highest BCUT2D eigenvalue weighted by Crippen LogP contribution is 2.45. The molecular formula is C26H32N2O4. The average molecular weight is 437 g/mol. The standard InChI is InChI=1S/C26H32N2O4/c1-27(2)12-11-26(30)13-18-15-31-16-19(14-26)28(18)25(29)32-17-24-22-9-5-3-7-20(22)21-8-4-6-10-23(21)24/h3-10,18-19,24,30H,11-17H2,1-2H3. The minimum atomic E-state index is -0.760. The van der Waals surface area contributed by atoms with E-state index in [-0.39, 0.29) is 24.1 Å². The zero-order valence-corrected chi connectivity index (χ0v) is 18.9. The van der Waals surface area contributed by atoms with Crippen LogP contribution in [-0.4, -0.2) is 79.1 Å². The monoisotopic (exact) mass is 436 g/mol. The van der Waals surface area contributed by atoms with Crippen LogP contribution in [0.3, 0.4) is 0 Å². The van der Waals surface area contributed by atoms with Crippen molar-refractivity contribution < 1.29 is 19.4 Å². The van der Waals surface area contributed by atoms with E-state index in [0.29, 0.717) is 39.1 Å². The van der Waals surface area contributed by atoms with Gasteiger partial charge in [-0.1, -0.05) is 48.5 Å². The van der Waals surface area contributed by atoms with Gasteiger partial charge in [0, 0.05) is 12.5 Å². The molecular weight excluding hydrogens is 404 g/mol. The van der Waals surface area contributed by atoms with Crippen LogP contribution in [0, 0.1) is 0 Å². The van der Waals surface area contributed by atoms with Crippen LogP contribution in [0.25, 0.3) is 11.1 Å². The van der Waals surface area contributed by atoms with Crippen molar-refractivity contribution >= 4 is 6.09 Å². The highest BCUT2D eigenvalue weighted by molar-refractivity contribution is 5.79. The fraction of sp³-hybridized carbons (Fsp3) is 0.500. The molecule has 2 atom stereocenters. The molecule has 32 heavy (non-hydrogen) atoms. The molecule has 0 spiro atoms. The van der Waals surface area contributed by atoms with Gasteiger partial charge in [0.15, 0.2) is 0 Å². The maximum absolute atomic E-state index is 13.2. The number of rotatable bonds is 5. The summed E-state index contributed by atoms with van der Waals surface area (Å²) < 4.78 is 11.7. The lowest BCUT2D eigenvalue weighted by Crippen LogP contribution is -2.63. The number of morpholine rings is 1. The van der Waals surface area contributed by atoms with E-state index >= 15 is 0 Å². The van der Waals surface area contributed by atoms with E-state index in [1.165, 1.54) is 22.3 Å². The van der Waals surface area contributed by atoms with Gasteiger partial charge in [0.2, 0.25) is 0 Å². The molecule has 0 radical (unpaired) electrons. The number of hydrogen-bond acceptors (Lipinski definition) is 5. The molecule has 2 saturated heterocycles. The van der Waals surface area contributed by atoms with Crippen molar-refractivity contribution in [3.05, 3.63) is 59.7 Å². The summed E-state index contributed by atoms with van der Waals surface area (Å²) in [6.45, 7) is 2.03. The van der Waals surface area contributed by atoms with Crippen LogP contribution in [0.4, 0.5) is 4.79 Å². The van der Waals surface area contributed by atoms with Gasteiger partial charge in [-0.15, -0.1) is 0 Å². The van der Waals surface area contributed by atoms with Crippen molar-refractivity contribution in [2.24, 2.45) is 0 Å². The first-order valence-electron chi connectivity index (χ1n) is 11.5. The van der Waals surface area contributed by atoms with Crippen LogP contribution in [0.15, 0.2) is 48.5 Å². The fourth-order valence-corrected chi connectivity index (χ4v) is 5.68. The summed E-state index contributed by atoms with van der Waals surface area (Å²) in [6.07, 6.45) is 1.47. The van der Waals surface area contributed by atoms with E-state index in [0.717, 1.165) is 6.54 Å². The number of nitrogens with zero attached hydrogens (tertiary/aromatic N) is 2. The number of carbonyl (C=O) groups is 1. The smallest absolute Gasteiger partial charge is 0.410 e. The summed E-state index contributed by atoms with van der Waals surface area (Å²) in [5.74, 6) is 0.0456. The minimum absolute atomic E-state index is 0.0456. The highest BCUT2D eigenvalue weighted by Gasteiger charge is 2.48. The second-order valence-electron chi connectivity index (χ2n) is 9.74. The Morgan fingerprint density at radius 2 is 1.62 bits per heavy atom. The molecule has 1 N–H and O–H groups in total. The van der Waals surface area contributed by atoms with E-state index in [4.69, 9.17) is 9.47 Å². The topological polar surface area (TPSA) is 62.2 Å². The lowest BCUT2D eigenvalue weighted by molar-refractivity contribution is -0.136. The largest absolute Gasteiger partial charge is 0.448 e. The van der Waals surface area contributed by atoms with Crippen molar-refractivity contribution in [1.29, 1.82) is 0 Å². The van der Waals surface area contributed by atoms with Gasteiger partial charge < -0.3 is 19.5 Å². The molecule has 2 aliphatic heterocycles. The number of hydrogen-bond donors (Lipinski definition) is 1. The highest BCUT2D eigenvalue weighted by atomic mass is 16.6. The number of amides is 1. The van der Waals surface area contributed by atoms with Gasteiger partial charge in [0.05, 0.1) is 30.9 Å². The third-order valence-electron chi connectivity index (χ3n) is 7.21. The lowest BCUT2D eigenvalue weighted by Gasteiger charge is -2.51. The van der Waals surface area contributed by atoms with Crippen LogP contribution in [0.2, 0.25) is 0 Å². The van der Waals surface area contributed by atoms with Crippen LogP contribution in [0.1, 0.15) is 36.3 Å². The number of aliphatic hydroxyl groups is 1. The molecule has 0 aromatic heterocycles. The second kappa shape index (κ2) is 8.50. The first-order chi connectivity index (χ1) is 15.5. The summed E-state index contributed by atoms with van der Waals surface area (Å²) in [7, 11) is 4.03. The quantitative estimate of drug-likeness (QED) is 0.778.